The molecule has 0 bridgehead atoms. The van der Waals surface area contributed by atoms with Crippen molar-refractivity contribution in [3.05, 3.63) is 71.6 Å². The van der Waals surface area contributed by atoms with Crippen LogP contribution in [-0.2, 0) is 16.1 Å². The molecule has 0 atom stereocenters. The van der Waals surface area contributed by atoms with E-state index in [1.165, 1.54) is 12.5 Å². The summed E-state index contributed by atoms with van der Waals surface area (Å²) in [6, 6.07) is 18.0. The van der Waals surface area contributed by atoms with Crippen LogP contribution in [-0.4, -0.2) is 41.3 Å². The van der Waals surface area contributed by atoms with Gasteiger partial charge in [-0.05, 0) is 56.5 Å². The second kappa shape index (κ2) is 10.4. The standard InChI is InChI=1S/C26H30N4O3/c1-18-24(29-26(33-18)22-10-6-7-11-23(22)28-19(2)31)16-27-25(32)17-30-14-12-21(13-15-30)20-8-4-3-5-9-20/h3-11,21H,12-17H2,1-2H3,(H,27,32)(H,28,31). The van der Waals surface area contributed by atoms with Crippen LogP contribution in [0.25, 0.3) is 11.5 Å². The number of anilines is 1. The molecule has 1 saturated heterocycles. The lowest BCUT2D eigenvalue weighted by Gasteiger charge is -2.31. The first-order valence-corrected chi connectivity index (χ1v) is 11.4. The van der Waals surface area contributed by atoms with Crippen LogP contribution >= 0.6 is 0 Å². The van der Waals surface area contributed by atoms with Crippen LogP contribution in [0.5, 0.6) is 0 Å². The largest absolute Gasteiger partial charge is 0.441 e. The minimum absolute atomic E-state index is 0.0178. The summed E-state index contributed by atoms with van der Waals surface area (Å²) in [4.78, 5) is 30.8. The van der Waals surface area contributed by atoms with E-state index < -0.39 is 0 Å². The summed E-state index contributed by atoms with van der Waals surface area (Å²) in [5, 5.41) is 5.76. The van der Waals surface area contributed by atoms with Crippen molar-refractivity contribution < 1.29 is 14.0 Å². The van der Waals surface area contributed by atoms with Gasteiger partial charge >= 0.3 is 0 Å². The summed E-state index contributed by atoms with van der Waals surface area (Å²) in [6.07, 6.45) is 2.13. The maximum Gasteiger partial charge on any atom is 0.234 e. The van der Waals surface area contributed by atoms with E-state index >= 15 is 0 Å². The molecule has 172 valence electrons. The van der Waals surface area contributed by atoms with Crippen molar-refractivity contribution >= 4 is 17.5 Å². The van der Waals surface area contributed by atoms with Gasteiger partial charge in [0, 0.05) is 6.92 Å². The molecule has 0 radical (unpaired) electrons. The molecule has 4 rings (SSSR count). The van der Waals surface area contributed by atoms with E-state index in [2.05, 4.69) is 44.8 Å². The van der Waals surface area contributed by atoms with Gasteiger partial charge in [-0.25, -0.2) is 4.98 Å². The van der Waals surface area contributed by atoms with Gasteiger partial charge in [-0.15, -0.1) is 0 Å². The van der Waals surface area contributed by atoms with Crippen molar-refractivity contribution in [2.75, 3.05) is 25.0 Å². The van der Waals surface area contributed by atoms with Gasteiger partial charge in [0.15, 0.2) is 0 Å². The molecule has 33 heavy (non-hydrogen) atoms. The first-order chi connectivity index (χ1) is 16.0. The number of nitrogens with zero attached hydrogens (tertiary/aromatic N) is 2. The molecule has 1 aromatic heterocycles. The van der Waals surface area contributed by atoms with Gasteiger partial charge in [0.05, 0.1) is 24.3 Å². The van der Waals surface area contributed by atoms with Crippen LogP contribution in [0.3, 0.4) is 0 Å². The van der Waals surface area contributed by atoms with Gasteiger partial charge in [0.2, 0.25) is 17.7 Å². The van der Waals surface area contributed by atoms with Crippen LogP contribution in [0, 0.1) is 6.92 Å². The summed E-state index contributed by atoms with van der Waals surface area (Å²) in [7, 11) is 0. The number of oxazole rings is 1. The van der Waals surface area contributed by atoms with E-state index in [1.54, 1.807) is 6.07 Å². The Morgan fingerprint density at radius 2 is 1.76 bits per heavy atom. The zero-order valence-corrected chi connectivity index (χ0v) is 19.1. The van der Waals surface area contributed by atoms with E-state index in [1.807, 2.05) is 31.2 Å². The lowest BCUT2D eigenvalue weighted by molar-refractivity contribution is -0.122. The van der Waals surface area contributed by atoms with Crippen LogP contribution < -0.4 is 10.6 Å². The Bertz CT molecular complexity index is 1100. The number of amides is 2. The quantitative estimate of drug-likeness (QED) is 0.570. The van der Waals surface area contributed by atoms with Crippen LogP contribution in [0.2, 0.25) is 0 Å². The highest BCUT2D eigenvalue weighted by Gasteiger charge is 2.22. The highest BCUT2D eigenvalue weighted by molar-refractivity contribution is 5.93. The smallest absolute Gasteiger partial charge is 0.234 e. The molecule has 0 spiro atoms. The summed E-state index contributed by atoms with van der Waals surface area (Å²) in [5.74, 6) is 1.46. The van der Waals surface area contributed by atoms with Gasteiger partial charge < -0.3 is 15.1 Å². The molecular weight excluding hydrogens is 416 g/mol. The number of rotatable bonds is 7. The Hall–Kier alpha value is -3.45. The first kappa shape index (κ1) is 22.7. The highest BCUT2D eigenvalue weighted by Crippen LogP contribution is 2.29. The van der Waals surface area contributed by atoms with Crippen LogP contribution in [0.4, 0.5) is 5.69 Å². The molecule has 1 fully saturated rings. The molecule has 2 amide bonds. The molecule has 0 unspecified atom stereocenters. The zero-order valence-electron chi connectivity index (χ0n) is 19.1. The molecule has 2 heterocycles. The molecule has 0 aliphatic carbocycles. The van der Waals surface area contributed by atoms with Crippen molar-refractivity contribution in [2.45, 2.75) is 39.2 Å². The number of piperidine rings is 1. The van der Waals surface area contributed by atoms with Crippen molar-refractivity contribution in [1.29, 1.82) is 0 Å². The topological polar surface area (TPSA) is 87.5 Å². The predicted molar refractivity (Wildman–Crippen MR) is 128 cm³/mol. The van der Waals surface area contributed by atoms with Crippen molar-refractivity contribution in [2.24, 2.45) is 0 Å². The third-order valence-corrected chi connectivity index (χ3v) is 6.04. The minimum Gasteiger partial charge on any atom is -0.441 e. The molecule has 7 nitrogen and oxygen atoms in total. The number of hydrogen-bond acceptors (Lipinski definition) is 5. The second-order valence-electron chi connectivity index (χ2n) is 8.49. The van der Waals surface area contributed by atoms with Crippen molar-refractivity contribution in [3.63, 3.8) is 0 Å². The third kappa shape index (κ3) is 5.87. The maximum atomic E-state index is 12.5. The fourth-order valence-electron chi connectivity index (χ4n) is 4.27. The summed E-state index contributed by atoms with van der Waals surface area (Å²) < 4.78 is 5.83. The van der Waals surface area contributed by atoms with Gasteiger partial charge in [0.1, 0.15) is 11.5 Å². The number of carbonyl (C=O) groups excluding carboxylic acids is 2. The average molecular weight is 447 g/mol. The number of aryl methyl sites for hydroxylation is 1. The highest BCUT2D eigenvalue weighted by atomic mass is 16.4. The molecule has 7 heteroatoms. The SMILES string of the molecule is CC(=O)Nc1ccccc1-c1nc(CNC(=O)CN2CCC(c3ccccc3)CC2)c(C)o1. The van der Waals surface area contributed by atoms with E-state index in [0.717, 1.165) is 25.9 Å². The average Bonchev–Trinajstić information content (AvgIpc) is 3.19. The van der Waals surface area contributed by atoms with E-state index in [-0.39, 0.29) is 11.8 Å². The number of aromatic nitrogens is 1. The second-order valence-corrected chi connectivity index (χ2v) is 8.49. The fourth-order valence-corrected chi connectivity index (χ4v) is 4.27. The Kier molecular flexibility index (Phi) is 7.19. The normalized spacial score (nSPS) is 14.7. The van der Waals surface area contributed by atoms with Gasteiger partial charge in [-0.1, -0.05) is 42.5 Å². The minimum atomic E-state index is -0.161. The van der Waals surface area contributed by atoms with Crippen LogP contribution in [0.15, 0.2) is 59.0 Å². The molecule has 1 aliphatic heterocycles. The monoisotopic (exact) mass is 446 g/mol. The molecule has 0 saturated carbocycles. The third-order valence-electron chi connectivity index (χ3n) is 6.04. The molecule has 2 N–H and O–H groups in total. The molecule has 2 aromatic carbocycles. The maximum absolute atomic E-state index is 12.5. The lowest BCUT2D eigenvalue weighted by Crippen LogP contribution is -2.41. The van der Waals surface area contributed by atoms with Gasteiger partial charge in [-0.3, -0.25) is 14.5 Å². The fraction of sp³-hybridized carbons (Fsp3) is 0.346. The Morgan fingerprint density at radius 3 is 2.48 bits per heavy atom. The zero-order chi connectivity index (χ0) is 23.2. The lowest BCUT2D eigenvalue weighted by atomic mass is 9.89. The first-order valence-electron chi connectivity index (χ1n) is 11.4. The number of nitrogens with one attached hydrogen (secondary N) is 2. The van der Waals surface area contributed by atoms with Gasteiger partial charge in [-0.2, -0.15) is 0 Å². The Labute approximate surface area is 194 Å². The van der Waals surface area contributed by atoms with E-state index in [0.29, 0.717) is 47.6 Å². The summed E-state index contributed by atoms with van der Waals surface area (Å²) >= 11 is 0. The van der Waals surface area contributed by atoms with Crippen molar-refractivity contribution in [3.8, 4) is 11.5 Å². The Balaban J connectivity index is 1.30. The summed E-state index contributed by atoms with van der Waals surface area (Å²) in [5.41, 5.74) is 3.41. The number of hydrogen-bond donors (Lipinski definition) is 2. The molecule has 3 aromatic rings. The predicted octanol–water partition coefficient (Wildman–Crippen LogP) is 4.10. The number of likely N-dealkylation sites (tertiary alicyclic amines) is 1. The molecule has 1 aliphatic rings. The van der Waals surface area contributed by atoms with Gasteiger partial charge in [0.25, 0.3) is 0 Å². The summed E-state index contributed by atoms with van der Waals surface area (Å²) in [6.45, 7) is 5.81. The molecular formula is C26H30N4O3. The number of benzene rings is 2. The number of para-hydroxylation sites is 1. The van der Waals surface area contributed by atoms with Crippen LogP contribution in [0.1, 0.15) is 42.7 Å². The van der Waals surface area contributed by atoms with E-state index in [9.17, 15) is 9.59 Å². The Morgan fingerprint density at radius 1 is 1.06 bits per heavy atom. The van der Waals surface area contributed by atoms with E-state index in [4.69, 9.17) is 4.42 Å². The van der Waals surface area contributed by atoms with Crippen molar-refractivity contribution in [1.82, 2.24) is 15.2 Å². The number of carbonyl (C=O) groups is 2.